The number of rotatable bonds is 3. The summed E-state index contributed by atoms with van der Waals surface area (Å²) in [6, 6.07) is 2.30. The van der Waals surface area contributed by atoms with E-state index in [9.17, 15) is 0 Å². The molecule has 1 aromatic rings. The first-order valence-electron chi connectivity index (χ1n) is 5.18. The molecule has 0 saturated heterocycles. The van der Waals surface area contributed by atoms with E-state index in [-0.39, 0.29) is 0 Å². The van der Waals surface area contributed by atoms with Crippen molar-refractivity contribution in [1.82, 2.24) is 4.98 Å². The molecule has 0 bridgehead atoms. The van der Waals surface area contributed by atoms with Crippen LogP contribution in [0.25, 0.3) is 0 Å². The predicted octanol–water partition coefficient (Wildman–Crippen LogP) is 2.64. The van der Waals surface area contributed by atoms with Gasteiger partial charge in [-0.05, 0) is 30.4 Å². The molecule has 0 aromatic carbocycles. The molecule has 14 heavy (non-hydrogen) atoms. The Balaban J connectivity index is 3.38. The fraction of sp³-hybridized carbons (Fsp3) is 0.500. The van der Waals surface area contributed by atoms with Crippen LogP contribution >= 0.6 is 0 Å². The Kier molecular flexibility index (Phi) is 3.64. The smallest absolute Gasteiger partial charge is 0.0998 e. The van der Waals surface area contributed by atoms with Gasteiger partial charge >= 0.3 is 0 Å². The average Bonchev–Trinajstić information content (AvgIpc) is 2.26. The number of aryl methyl sites for hydroxylation is 2. The number of aromatic nitrogens is 1. The predicted molar refractivity (Wildman–Crippen MR) is 57.1 cm³/mol. The highest BCUT2D eigenvalue weighted by Gasteiger charge is 2.10. The van der Waals surface area contributed by atoms with Crippen molar-refractivity contribution >= 4 is 0 Å². The third-order valence-corrected chi connectivity index (χ3v) is 2.53. The Hall–Kier alpha value is -1.36. The van der Waals surface area contributed by atoms with Gasteiger partial charge in [-0.25, -0.2) is 0 Å². The summed E-state index contributed by atoms with van der Waals surface area (Å²) in [4.78, 5) is 4.40. The minimum absolute atomic E-state index is 0.849. The monoisotopic (exact) mass is 188 g/mol. The Morgan fingerprint density at radius 1 is 1.21 bits per heavy atom. The average molecular weight is 188 g/mol. The van der Waals surface area contributed by atoms with Crippen LogP contribution in [0.3, 0.4) is 0 Å². The van der Waals surface area contributed by atoms with Crippen LogP contribution < -0.4 is 0 Å². The number of hydrogen-bond acceptors (Lipinski definition) is 2. The number of nitrogens with zero attached hydrogens (tertiary/aromatic N) is 2. The third kappa shape index (κ3) is 1.77. The lowest BCUT2D eigenvalue weighted by Gasteiger charge is -2.09. The summed E-state index contributed by atoms with van der Waals surface area (Å²) in [6.45, 7) is 6.22. The van der Waals surface area contributed by atoms with Gasteiger partial charge in [0.1, 0.15) is 0 Å². The zero-order chi connectivity index (χ0) is 10.6. The summed E-state index contributed by atoms with van der Waals surface area (Å²) >= 11 is 0. The highest BCUT2D eigenvalue weighted by Crippen LogP contribution is 2.18. The number of pyridine rings is 1. The van der Waals surface area contributed by atoms with Gasteiger partial charge in [0.05, 0.1) is 11.6 Å². The SMILES string of the molecule is CCc1cnc(CC)c(CC)c1C#N. The molecule has 2 nitrogen and oxygen atoms in total. The van der Waals surface area contributed by atoms with Crippen LogP contribution in [0.15, 0.2) is 6.20 Å². The molecule has 0 radical (unpaired) electrons. The van der Waals surface area contributed by atoms with Gasteiger partial charge in [-0.15, -0.1) is 0 Å². The highest BCUT2D eigenvalue weighted by molar-refractivity contribution is 5.45. The van der Waals surface area contributed by atoms with Crippen LogP contribution in [0.4, 0.5) is 0 Å². The van der Waals surface area contributed by atoms with E-state index in [1.165, 1.54) is 0 Å². The lowest BCUT2D eigenvalue weighted by molar-refractivity contribution is 0.933. The van der Waals surface area contributed by atoms with Crippen molar-refractivity contribution in [2.75, 3.05) is 0 Å². The zero-order valence-electron chi connectivity index (χ0n) is 9.09. The van der Waals surface area contributed by atoms with Crippen LogP contribution in [-0.2, 0) is 19.3 Å². The van der Waals surface area contributed by atoms with Crippen LogP contribution in [-0.4, -0.2) is 4.98 Å². The molecule has 0 aliphatic rings. The molecule has 1 rings (SSSR count). The molecule has 0 unspecified atom stereocenters. The van der Waals surface area contributed by atoms with E-state index in [0.29, 0.717) is 0 Å². The van der Waals surface area contributed by atoms with Crippen molar-refractivity contribution in [3.63, 3.8) is 0 Å². The summed E-state index contributed by atoms with van der Waals surface area (Å²) in [7, 11) is 0. The number of nitriles is 1. The van der Waals surface area contributed by atoms with Crippen molar-refractivity contribution in [3.05, 3.63) is 28.6 Å². The Bertz CT molecular complexity index is 361. The van der Waals surface area contributed by atoms with Crippen molar-refractivity contribution in [2.24, 2.45) is 0 Å². The molecule has 0 spiro atoms. The van der Waals surface area contributed by atoms with Gasteiger partial charge in [-0.2, -0.15) is 5.26 Å². The van der Waals surface area contributed by atoms with Gasteiger partial charge in [-0.3, -0.25) is 4.98 Å². The van der Waals surface area contributed by atoms with Crippen molar-refractivity contribution < 1.29 is 0 Å². The fourth-order valence-corrected chi connectivity index (χ4v) is 1.73. The van der Waals surface area contributed by atoms with Crippen LogP contribution in [0.2, 0.25) is 0 Å². The second-order valence-electron chi connectivity index (χ2n) is 3.26. The molecule has 2 heteroatoms. The third-order valence-electron chi connectivity index (χ3n) is 2.53. The van der Waals surface area contributed by atoms with E-state index in [2.05, 4.69) is 31.8 Å². The molecule has 0 saturated carbocycles. The Morgan fingerprint density at radius 3 is 2.36 bits per heavy atom. The largest absolute Gasteiger partial charge is 0.261 e. The maximum atomic E-state index is 9.10. The molecule has 1 aromatic heterocycles. The van der Waals surface area contributed by atoms with Gasteiger partial charge in [0.25, 0.3) is 0 Å². The lowest BCUT2D eigenvalue weighted by atomic mass is 9.98. The molecule has 0 fully saturated rings. The van der Waals surface area contributed by atoms with Gasteiger partial charge < -0.3 is 0 Å². The zero-order valence-corrected chi connectivity index (χ0v) is 9.09. The second-order valence-corrected chi connectivity index (χ2v) is 3.26. The lowest BCUT2D eigenvalue weighted by Crippen LogP contribution is -2.03. The van der Waals surface area contributed by atoms with E-state index >= 15 is 0 Å². The van der Waals surface area contributed by atoms with Crippen molar-refractivity contribution in [3.8, 4) is 6.07 Å². The molecule has 1 heterocycles. The topological polar surface area (TPSA) is 36.7 Å². The van der Waals surface area contributed by atoms with Crippen LogP contribution in [0.5, 0.6) is 0 Å². The maximum Gasteiger partial charge on any atom is 0.0998 e. The Labute approximate surface area is 85.6 Å². The first-order chi connectivity index (χ1) is 6.78. The van der Waals surface area contributed by atoms with E-state index in [0.717, 1.165) is 41.6 Å². The summed E-state index contributed by atoms with van der Waals surface area (Å²) in [6.07, 6.45) is 4.53. The van der Waals surface area contributed by atoms with Crippen LogP contribution in [0, 0.1) is 11.3 Å². The van der Waals surface area contributed by atoms with Crippen molar-refractivity contribution in [2.45, 2.75) is 40.0 Å². The molecular weight excluding hydrogens is 172 g/mol. The quantitative estimate of drug-likeness (QED) is 0.731. The van der Waals surface area contributed by atoms with E-state index in [1.54, 1.807) is 0 Å². The van der Waals surface area contributed by atoms with Gasteiger partial charge in [0.15, 0.2) is 0 Å². The van der Waals surface area contributed by atoms with Crippen molar-refractivity contribution in [1.29, 1.82) is 5.26 Å². The summed E-state index contributed by atoms with van der Waals surface area (Å²) in [5, 5.41) is 9.10. The highest BCUT2D eigenvalue weighted by atomic mass is 14.7. The molecule has 0 aliphatic carbocycles. The van der Waals surface area contributed by atoms with Gasteiger partial charge in [0, 0.05) is 11.9 Å². The first kappa shape index (κ1) is 10.7. The molecular formula is C12H16N2. The van der Waals surface area contributed by atoms with Gasteiger partial charge in [-0.1, -0.05) is 20.8 Å². The fourth-order valence-electron chi connectivity index (χ4n) is 1.73. The Morgan fingerprint density at radius 2 is 1.93 bits per heavy atom. The summed E-state index contributed by atoms with van der Waals surface area (Å²) < 4.78 is 0. The molecule has 0 atom stereocenters. The van der Waals surface area contributed by atoms with Gasteiger partial charge in [0.2, 0.25) is 0 Å². The molecule has 0 aliphatic heterocycles. The normalized spacial score (nSPS) is 9.86. The van der Waals surface area contributed by atoms with Crippen LogP contribution in [0.1, 0.15) is 43.2 Å². The standard InChI is InChI=1S/C12H16N2/c1-4-9-8-14-12(6-3)10(5-2)11(9)7-13/h8H,4-6H2,1-3H3. The first-order valence-corrected chi connectivity index (χ1v) is 5.18. The van der Waals surface area contributed by atoms with E-state index in [4.69, 9.17) is 5.26 Å². The maximum absolute atomic E-state index is 9.10. The number of hydrogen-bond donors (Lipinski definition) is 0. The second kappa shape index (κ2) is 4.76. The molecule has 0 N–H and O–H groups in total. The minimum Gasteiger partial charge on any atom is -0.261 e. The molecule has 0 amide bonds. The summed E-state index contributed by atoms with van der Waals surface area (Å²) in [5.74, 6) is 0. The summed E-state index contributed by atoms with van der Waals surface area (Å²) in [5.41, 5.74) is 4.12. The van der Waals surface area contributed by atoms with E-state index < -0.39 is 0 Å². The minimum atomic E-state index is 0.849. The van der Waals surface area contributed by atoms with E-state index in [1.807, 2.05) is 6.20 Å². The molecule has 74 valence electrons.